The van der Waals surface area contributed by atoms with Gasteiger partial charge < -0.3 is 9.84 Å². The Morgan fingerprint density at radius 1 is 1.43 bits per heavy atom. The molecule has 3 aliphatic rings. The molecule has 3 aliphatic carbocycles. The molecule has 0 saturated heterocycles. The minimum atomic E-state index is -1.35. The van der Waals surface area contributed by atoms with Crippen LogP contribution in [0.1, 0.15) is 41.0 Å². The molecule has 2 fully saturated rings. The minimum absolute atomic E-state index is 0.0353. The lowest BCUT2D eigenvalue weighted by atomic mass is 9.56. The Hall–Kier alpha value is -1.16. The maximum atomic E-state index is 12.6. The molecule has 6 atom stereocenters. The fourth-order valence-electron chi connectivity index (χ4n) is 5.48. The molecular formula is C17H24O4. The van der Waals surface area contributed by atoms with Gasteiger partial charge in [-0.05, 0) is 30.8 Å². The molecular weight excluding hydrogens is 268 g/mol. The topological polar surface area (TPSA) is 63.6 Å². The second-order valence-electron chi connectivity index (χ2n) is 7.76. The third-order valence-electron chi connectivity index (χ3n) is 5.95. The van der Waals surface area contributed by atoms with Crippen molar-refractivity contribution in [3.8, 4) is 0 Å². The molecule has 0 radical (unpaired) electrons. The van der Waals surface area contributed by atoms with Crippen molar-refractivity contribution in [1.82, 2.24) is 0 Å². The summed E-state index contributed by atoms with van der Waals surface area (Å²) in [5.74, 6) is -0.152. The molecule has 0 heterocycles. The van der Waals surface area contributed by atoms with Crippen LogP contribution in [-0.2, 0) is 14.3 Å². The van der Waals surface area contributed by atoms with Crippen LogP contribution >= 0.6 is 0 Å². The SMILES string of the molecule is CC(=O)O[C@@H]1C(C)(C)[C@H]2[C@H]3C(C)=CC1(O)[C@@H]2C(=O)C[C@H]3C. The summed E-state index contributed by atoms with van der Waals surface area (Å²) < 4.78 is 5.50. The standard InChI is InChI=1S/C17H24O4/c1-8-6-11(19)13-14-12(8)9(2)7-17(13,20)15(16(14,4)5)21-10(3)18/h7-8,12-15,20H,6H2,1-5H3/t8-,12-,13-,14+,15-,17?/m1/s1. The van der Waals surface area contributed by atoms with Gasteiger partial charge in [0.2, 0.25) is 0 Å². The van der Waals surface area contributed by atoms with Gasteiger partial charge in [-0.15, -0.1) is 0 Å². The van der Waals surface area contributed by atoms with Crippen LogP contribution in [0.2, 0.25) is 0 Å². The first-order valence-corrected chi connectivity index (χ1v) is 7.72. The van der Waals surface area contributed by atoms with Crippen molar-refractivity contribution in [2.75, 3.05) is 0 Å². The van der Waals surface area contributed by atoms with E-state index >= 15 is 0 Å². The van der Waals surface area contributed by atoms with E-state index in [0.717, 1.165) is 5.57 Å². The third-order valence-corrected chi connectivity index (χ3v) is 5.95. The van der Waals surface area contributed by atoms with E-state index in [2.05, 4.69) is 6.92 Å². The minimum Gasteiger partial charge on any atom is -0.459 e. The lowest BCUT2D eigenvalue weighted by molar-refractivity contribution is -0.166. The number of aliphatic hydroxyl groups is 1. The van der Waals surface area contributed by atoms with Crippen LogP contribution in [0.15, 0.2) is 11.6 Å². The average Bonchev–Trinajstić information content (AvgIpc) is 2.44. The summed E-state index contributed by atoms with van der Waals surface area (Å²) in [6, 6.07) is 0. The number of esters is 1. The van der Waals surface area contributed by atoms with Crippen molar-refractivity contribution in [3.05, 3.63) is 11.6 Å². The molecule has 4 nitrogen and oxygen atoms in total. The number of carbonyl (C=O) groups is 2. The van der Waals surface area contributed by atoms with Gasteiger partial charge in [0.25, 0.3) is 0 Å². The molecule has 3 rings (SSSR count). The summed E-state index contributed by atoms with van der Waals surface area (Å²) in [6.07, 6.45) is 1.64. The summed E-state index contributed by atoms with van der Waals surface area (Å²) in [7, 11) is 0. The predicted octanol–water partition coefficient (Wildman–Crippen LogP) is 2.11. The Bertz CT molecular complexity index is 547. The second-order valence-corrected chi connectivity index (χ2v) is 7.76. The maximum Gasteiger partial charge on any atom is 0.303 e. The van der Waals surface area contributed by atoms with Gasteiger partial charge in [-0.2, -0.15) is 0 Å². The van der Waals surface area contributed by atoms with Gasteiger partial charge in [-0.25, -0.2) is 0 Å². The summed E-state index contributed by atoms with van der Waals surface area (Å²) in [4.78, 5) is 24.1. The smallest absolute Gasteiger partial charge is 0.303 e. The monoisotopic (exact) mass is 292 g/mol. The number of Topliss-reactive ketones (excluding diaryl/α,β-unsaturated/α-hetero) is 1. The number of hydrogen-bond donors (Lipinski definition) is 1. The van der Waals surface area contributed by atoms with Crippen LogP contribution in [0.25, 0.3) is 0 Å². The zero-order valence-electron chi connectivity index (χ0n) is 13.3. The molecule has 0 aromatic heterocycles. The van der Waals surface area contributed by atoms with Crippen molar-refractivity contribution in [3.63, 3.8) is 0 Å². The molecule has 0 spiro atoms. The number of ether oxygens (including phenoxy) is 1. The highest BCUT2D eigenvalue weighted by atomic mass is 16.6. The van der Waals surface area contributed by atoms with E-state index in [9.17, 15) is 14.7 Å². The van der Waals surface area contributed by atoms with E-state index in [0.29, 0.717) is 6.42 Å². The molecule has 21 heavy (non-hydrogen) atoms. The van der Waals surface area contributed by atoms with E-state index in [1.165, 1.54) is 6.92 Å². The van der Waals surface area contributed by atoms with Gasteiger partial charge in [-0.1, -0.05) is 26.3 Å². The molecule has 4 heteroatoms. The first kappa shape index (κ1) is 14.8. The molecule has 4 bridgehead atoms. The van der Waals surface area contributed by atoms with Crippen molar-refractivity contribution in [1.29, 1.82) is 0 Å². The quantitative estimate of drug-likeness (QED) is 0.594. The fraction of sp³-hybridized carbons (Fsp3) is 0.765. The molecule has 0 aromatic rings. The van der Waals surface area contributed by atoms with Gasteiger partial charge in [0.05, 0.1) is 5.92 Å². The highest BCUT2D eigenvalue weighted by Gasteiger charge is 2.72. The van der Waals surface area contributed by atoms with Crippen molar-refractivity contribution < 1.29 is 19.4 Å². The zero-order valence-corrected chi connectivity index (χ0v) is 13.3. The summed E-state index contributed by atoms with van der Waals surface area (Å²) in [5, 5.41) is 11.2. The third kappa shape index (κ3) is 1.71. The number of hydrogen-bond acceptors (Lipinski definition) is 4. The molecule has 1 N–H and O–H groups in total. The van der Waals surface area contributed by atoms with Gasteiger partial charge in [0.15, 0.2) is 0 Å². The first-order valence-electron chi connectivity index (χ1n) is 7.72. The molecule has 1 unspecified atom stereocenters. The van der Waals surface area contributed by atoms with Gasteiger partial charge in [-0.3, -0.25) is 9.59 Å². The van der Waals surface area contributed by atoms with E-state index in [-0.39, 0.29) is 23.5 Å². The highest BCUT2D eigenvalue weighted by Crippen LogP contribution is 2.65. The van der Waals surface area contributed by atoms with Crippen LogP contribution in [0, 0.1) is 29.1 Å². The zero-order chi connectivity index (χ0) is 15.7. The van der Waals surface area contributed by atoms with Gasteiger partial charge >= 0.3 is 5.97 Å². The highest BCUT2D eigenvalue weighted by molar-refractivity contribution is 5.86. The second kappa shape index (κ2) is 4.19. The fourth-order valence-corrected chi connectivity index (χ4v) is 5.48. The van der Waals surface area contributed by atoms with Gasteiger partial charge in [0, 0.05) is 18.8 Å². The largest absolute Gasteiger partial charge is 0.459 e. The van der Waals surface area contributed by atoms with Crippen molar-refractivity contribution >= 4 is 11.8 Å². The van der Waals surface area contributed by atoms with Crippen LogP contribution in [0.3, 0.4) is 0 Å². The van der Waals surface area contributed by atoms with E-state index in [1.807, 2.05) is 20.8 Å². The Morgan fingerprint density at radius 3 is 2.62 bits per heavy atom. The predicted molar refractivity (Wildman–Crippen MR) is 77.3 cm³/mol. The normalized spacial score (nSPS) is 47.0. The number of carbonyl (C=O) groups excluding carboxylic acids is 2. The van der Waals surface area contributed by atoms with Gasteiger partial charge in [0.1, 0.15) is 17.5 Å². The van der Waals surface area contributed by atoms with Crippen LogP contribution in [0.4, 0.5) is 0 Å². The van der Waals surface area contributed by atoms with Crippen LogP contribution in [0.5, 0.6) is 0 Å². The number of ketones is 1. The van der Waals surface area contributed by atoms with E-state index in [1.54, 1.807) is 6.08 Å². The summed E-state index contributed by atoms with van der Waals surface area (Å²) in [6.45, 7) is 9.52. The summed E-state index contributed by atoms with van der Waals surface area (Å²) in [5.41, 5.74) is -0.645. The molecule has 0 amide bonds. The average molecular weight is 292 g/mol. The van der Waals surface area contributed by atoms with E-state index in [4.69, 9.17) is 4.74 Å². The van der Waals surface area contributed by atoms with Crippen LogP contribution < -0.4 is 0 Å². The lowest BCUT2D eigenvalue weighted by Gasteiger charge is -2.47. The molecule has 116 valence electrons. The summed E-state index contributed by atoms with van der Waals surface area (Å²) >= 11 is 0. The maximum absolute atomic E-state index is 12.6. The Labute approximate surface area is 125 Å². The first-order chi connectivity index (χ1) is 9.60. The van der Waals surface area contributed by atoms with Crippen LogP contribution in [-0.4, -0.2) is 28.6 Å². The molecule has 0 aromatic carbocycles. The number of allylic oxidation sites excluding steroid dienone is 1. The Kier molecular flexibility index (Phi) is 2.94. The lowest BCUT2D eigenvalue weighted by Crippen LogP contribution is -2.53. The van der Waals surface area contributed by atoms with Crippen molar-refractivity contribution in [2.45, 2.75) is 52.7 Å². The molecule has 0 aliphatic heterocycles. The van der Waals surface area contributed by atoms with E-state index < -0.39 is 29.0 Å². The Balaban J connectivity index is 2.19. The molecule has 2 saturated carbocycles. The Morgan fingerprint density at radius 2 is 2.05 bits per heavy atom. The van der Waals surface area contributed by atoms with Crippen molar-refractivity contribution in [2.24, 2.45) is 29.1 Å². The number of rotatable bonds is 1.